The SMILES string of the molecule is CCN(CC)c1ccc([C@@H]2C(C(=O)Nc3ccc(F)cc3)=C(C)NC3=C2C(=O)CCC3)cc1. The van der Waals surface area contributed by atoms with Gasteiger partial charge < -0.3 is 15.5 Å². The number of hydrogen-bond donors (Lipinski definition) is 2. The number of anilines is 2. The van der Waals surface area contributed by atoms with E-state index in [1.807, 2.05) is 19.1 Å². The molecule has 1 amide bonds. The van der Waals surface area contributed by atoms with Crippen LogP contribution in [0.5, 0.6) is 0 Å². The number of rotatable bonds is 6. The first-order valence-electron chi connectivity index (χ1n) is 11.6. The lowest BCUT2D eigenvalue weighted by molar-refractivity contribution is -0.116. The number of hydrogen-bond acceptors (Lipinski definition) is 4. The molecule has 0 saturated heterocycles. The van der Waals surface area contributed by atoms with E-state index >= 15 is 0 Å². The number of nitrogens with one attached hydrogen (secondary N) is 2. The molecule has 0 bridgehead atoms. The smallest absolute Gasteiger partial charge is 0.254 e. The van der Waals surface area contributed by atoms with Crippen LogP contribution < -0.4 is 15.5 Å². The highest BCUT2D eigenvalue weighted by molar-refractivity contribution is 6.09. The number of carbonyl (C=O) groups excluding carboxylic acids is 2. The molecule has 5 nitrogen and oxygen atoms in total. The lowest BCUT2D eigenvalue weighted by atomic mass is 9.75. The van der Waals surface area contributed by atoms with E-state index in [1.54, 1.807) is 0 Å². The fourth-order valence-corrected chi connectivity index (χ4v) is 4.82. The van der Waals surface area contributed by atoms with E-state index < -0.39 is 5.92 Å². The maximum absolute atomic E-state index is 13.5. The second-order valence-electron chi connectivity index (χ2n) is 8.49. The minimum Gasteiger partial charge on any atom is -0.372 e. The maximum atomic E-state index is 13.5. The number of dihydropyridines is 1. The standard InChI is InChI=1S/C27H30FN3O2/c1-4-31(5-2)21-15-9-18(10-16-21)25-24(27(33)30-20-13-11-19(28)12-14-20)17(3)29-22-7-6-8-23(32)26(22)25/h9-16,25,29H,4-8H2,1-3H3,(H,30,33)/t25-/m1/s1. The number of halogens is 1. The monoisotopic (exact) mass is 447 g/mol. The zero-order valence-corrected chi connectivity index (χ0v) is 19.4. The molecule has 2 N–H and O–H groups in total. The van der Waals surface area contributed by atoms with Crippen LogP contribution in [0.3, 0.4) is 0 Å². The third kappa shape index (κ3) is 4.56. The van der Waals surface area contributed by atoms with Crippen molar-refractivity contribution in [2.45, 2.75) is 46.0 Å². The van der Waals surface area contributed by atoms with E-state index in [0.717, 1.165) is 48.6 Å². The Morgan fingerprint density at radius 3 is 2.36 bits per heavy atom. The molecule has 0 fully saturated rings. The molecule has 2 aromatic carbocycles. The molecular weight excluding hydrogens is 417 g/mol. The van der Waals surface area contributed by atoms with E-state index in [0.29, 0.717) is 23.3 Å². The summed E-state index contributed by atoms with van der Waals surface area (Å²) in [6.07, 6.45) is 2.09. The lowest BCUT2D eigenvalue weighted by Gasteiger charge is -2.34. The molecule has 1 atom stereocenters. The average molecular weight is 448 g/mol. The van der Waals surface area contributed by atoms with Gasteiger partial charge in [-0.25, -0.2) is 4.39 Å². The Kier molecular flexibility index (Phi) is 6.63. The van der Waals surface area contributed by atoms with Crippen molar-refractivity contribution in [3.05, 3.63) is 82.5 Å². The van der Waals surface area contributed by atoms with Crippen LogP contribution in [-0.4, -0.2) is 24.8 Å². The van der Waals surface area contributed by atoms with Crippen LogP contribution in [0, 0.1) is 5.82 Å². The topological polar surface area (TPSA) is 61.4 Å². The fourth-order valence-electron chi connectivity index (χ4n) is 4.82. The van der Waals surface area contributed by atoms with Crippen LogP contribution in [0.2, 0.25) is 0 Å². The first-order valence-corrected chi connectivity index (χ1v) is 11.6. The molecular formula is C27H30FN3O2. The van der Waals surface area contributed by atoms with Gasteiger partial charge in [0, 0.05) is 59.3 Å². The summed E-state index contributed by atoms with van der Waals surface area (Å²) < 4.78 is 13.3. The molecule has 0 spiro atoms. The number of allylic oxidation sites excluding steroid dienone is 3. The number of amides is 1. The van der Waals surface area contributed by atoms with Gasteiger partial charge in [0.2, 0.25) is 0 Å². The van der Waals surface area contributed by atoms with E-state index in [1.165, 1.54) is 24.3 Å². The molecule has 0 unspecified atom stereocenters. The van der Waals surface area contributed by atoms with Crippen LogP contribution in [0.15, 0.2) is 71.1 Å². The Labute approximate surface area is 194 Å². The van der Waals surface area contributed by atoms with Crippen LogP contribution in [0.25, 0.3) is 0 Å². The average Bonchev–Trinajstić information content (AvgIpc) is 2.81. The van der Waals surface area contributed by atoms with Gasteiger partial charge in [0.25, 0.3) is 5.91 Å². The highest BCUT2D eigenvalue weighted by Gasteiger charge is 2.38. The predicted molar refractivity (Wildman–Crippen MR) is 129 cm³/mol. The van der Waals surface area contributed by atoms with Crippen molar-refractivity contribution in [1.82, 2.24) is 5.32 Å². The Morgan fingerprint density at radius 2 is 1.73 bits per heavy atom. The van der Waals surface area contributed by atoms with E-state index in [9.17, 15) is 14.0 Å². The fraction of sp³-hybridized carbons (Fsp3) is 0.333. The van der Waals surface area contributed by atoms with Crippen molar-refractivity contribution in [2.75, 3.05) is 23.3 Å². The summed E-state index contributed by atoms with van der Waals surface area (Å²) in [6.45, 7) is 7.92. The first kappa shape index (κ1) is 22.8. The Hall–Kier alpha value is -3.41. The van der Waals surface area contributed by atoms with Crippen molar-refractivity contribution >= 4 is 23.1 Å². The molecule has 33 heavy (non-hydrogen) atoms. The van der Waals surface area contributed by atoms with Gasteiger partial charge in [-0.1, -0.05) is 12.1 Å². The van der Waals surface area contributed by atoms with Gasteiger partial charge in [0.1, 0.15) is 5.82 Å². The summed E-state index contributed by atoms with van der Waals surface area (Å²) in [7, 11) is 0. The second-order valence-corrected chi connectivity index (χ2v) is 8.49. The lowest BCUT2D eigenvalue weighted by Crippen LogP contribution is -2.35. The molecule has 6 heteroatoms. The summed E-state index contributed by atoms with van der Waals surface area (Å²) in [5.41, 5.74) is 5.39. The third-order valence-corrected chi connectivity index (χ3v) is 6.48. The van der Waals surface area contributed by atoms with Gasteiger partial charge >= 0.3 is 0 Å². The second kappa shape index (κ2) is 9.61. The van der Waals surface area contributed by atoms with Crippen LogP contribution in [0.1, 0.15) is 51.5 Å². The quantitative estimate of drug-likeness (QED) is 0.633. The molecule has 0 aromatic heterocycles. The number of ketones is 1. The van der Waals surface area contributed by atoms with Crippen LogP contribution in [0.4, 0.5) is 15.8 Å². The van der Waals surface area contributed by atoms with Crippen molar-refractivity contribution in [3.8, 4) is 0 Å². The van der Waals surface area contributed by atoms with E-state index in [-0.39, 0.29) is 17.5 Å². The minimum absolute atomic E-state index is 0.0844. The van der Waals surface area contributed by atoms with Gasteiger partial charge in [-0.2, -0.15) is 0 Å². The molecule has 2 aromatic rings. The maximum Gasteiger partial charge on any atom is 0.254 e. The third-order valence-electron chi connectivity index (χ3n) is 6.48. The summed E-state index contributed by atoms with van der Waals surface area (Å²) in [6, 6.07) is 13.8. The Balaban J connectivity index is 1.74. The molecule has 1 heterocycles. The molecule has 0 saturated carbocycles. The van der Waals surface area contributed by atoms with Gasteiger partial charge in [0.05, 0.1) is 0 Å². The number of Topliss-reactive ketones (excluding diaryl/α,β-unsaturated/α-hetero) is 1. The molecule has 2 aliphatic rings. The number of benzene rings is 2. The summed E-state index contributed by atoms with van der Waals surface area (Å²) in [5.74, 6) is -1.02. The van der Waals surface area contributed by atoms with Crippen LogP contribution >= 0.6 is 0 Å². The number of carbonyl (C=O) groups is 2. The van der Waals surface area contributed by atoms with Crippen molar-refractivity contribution in [2.24, 2.45) is 0 Å². The summed E-state index contributed by atoms with van der Waals surface area (Å²) in [5, 5.41) is 6.21. The normalized spacial score (nSPS) is 18.1. The molecule has 0 radical (unpaired) electrons. The zero-order valence-electron chi connectivity index (χ0n) is 19.4. The Bertz CT molecular complexity index is 1110. The van der Waals surface area contributed by atoms with Gasteiger partial charge in [-0.05, 0) is 75.6 Å². The van der Waals surface area contributed by atoms with Crippen molar-refractivity contribution < 1.29 is 14.0 Å². The predicted octanol–water partition coefficient (Wildman–Crippen LogP) is 5.28. The van der Waals surface area contributed by atoms with Gasteiger partial charge in [0.15, 0.2) is 5.78 Å². The zero-order chi connectivity index (χ0) is 23.5. The summed E-state index contributed by atoms with van der Waals surface area (Å²) in [4.78, 5) is 28.8. The van der Waals surface area contributed by atoms with Gasteiger partial charge in [-0.3, -0.25) is 9.59 Å². The van der Waals surface area contributed by atoms with Crippen LogP contribution in [-0.2, 0) is 9.59 Å². The highest BCUT2D eigenvalue weighted by atomic mass is 19.1. The van der Waals surface area contributed by atoms with Gasteiger partial charge in [-0.15, -0.1) is 0 Å². The highest BCUT2D eigenvalue weighted by Crippen LogP contribution is 2.42. The number of nitrogens with zero attached hydrogens (tertiary/aromatic N) is 1. The van der Waals surface area contributed by atoms with E-state index in [4.69, 9.17) is 0 Å². The summed E-state index contributed by atoms with van der Waals surface area (Å²) >= 11 is 0. The molecule has 1 aliphatic carbocycles. The Morgan fingerprint density at radius 1 is 1.06 bits per heavy atom. The van der Waals surface area contributed by atoms with Crippen molar-refractivity contribution in [3.63, 3.8) is 0 Å². The van der Waals surface area contributed by atoms with E-state index in [2.05, 4.69) is 41.5 Å². The largest absolute Gasteiger partial charge is 0.372 e. The molecule has 1 aliphatic heterocycles. The van der Waals surface area contributed by atoms with Crippen molar-refractivity contribution in [1.29, 1.82) is 0 Å². The molecule has 4 rings (SSSR count). The first-order chi connectivity index (χ1) is 15.9. The molecule has 172 valence electrons. The minimum atomic E-state index is -0.444.